The number of aromatic nitrogens is 3. The molecule has 4 heteroatoms. The molecule has 0 N–H and O–H groups in total. The van der Waals surface area contributed by atoms with Crippen LogP contribution in [0.1, 0.15) is 22.3 Å². The molecule has 4 nitrogen and oxygen atoms in total. The van der Waals surface area contributed by atoms with Crippen molar-refractivity contribution in [3.05, 3.63) is 198 Å². The molecule has 234 valence electrons. The van der Waals surface area contributed by atoms with E-state index in [9.17, 15) is 0 Å². The molecule has 0 bridgehead atoms. The van der Waals surface area contributed by atoms with Crippen molar-refractivity contribution in [3.63, 3.8) is 0 Å². The first-order valence-corrected chi connectivity index (χ1v) is 16.9. The zero-order chi connectivity index (χ0) is 33.1. The van der Waals surface area contributed by atoms with E-state index in [4.69, 9.17) is 19.7 Å². The van der Waals surface area contributed by atoms with Crippen LogP contribution >= 0.6 is 0 Å². The number of nitrogens with zero attached hydrogens (tertiary/aromatic N) is 3. The van der Waals surface area contributed by atoms with Crippen LogP contribution in [0, 0.1) is 0 Å². The van der Waals surface area contributed by atoms with E-state index in [0.29, 0.717) is 17.5 Å². The van der Waals surface area contributed by atoms with Gasteiger partial charge in [0.1, 0.15) is 11.5 Å². The lowest BCUT2D eigenvalue weighted by atomic mass is 9.66. The highest BCUT2D eigenvalue weighted by atomic mass is 16.5. The van der Waals surface area contributed by atoms with E-state index in [0.717, 1.165) is 50.4 Å². The molecule has 10 rings (SSSR count). The molecule has 1 aromatic heterocycles. The predicted molar refractivity (Wildman–Crippen MR) is 199 cm³/mol. The molecule has 0 fully saturated rings. The fourth-order valence-corrected chi connectivity index (χ4v) is 7.78. The lowest BCUT2D eigenvalue weighted by Crippen LogP contribution is -2.32. The van der Waals surface area contributed by atoms with Gasteiger partial charge in [0.15, 0.2) is 17.5 Å². The van der Waals surface area contributed by atoms with Crippen LogP contribution in [0.25, 0.3) is 56.4 Å². The first kappa shape index (κ1) is 28.4. The van der Waals surface area contributed by atoms with Gasteiger partial charge in [0.05, 0.1) is 5.41 Å². The highest BCUT2D eigenvalue weighted by Gasteiger charge is 2.51. The topological polar surface area (TPSA) is 47.9 Å². The normalized spacial score (nSPS) is 13.1. The van der Waals surface area contributed by atoms with E-state index in [-0.39, 0.29) is 0 Å². The fourth-order valence-electron chi connectivity index (χ4n) is 7.78. The molecule has 0 saturated carbocycles. The monoisotopic (exact) mass is 639 g/mol. The van der Waals surface area contributed by atoms with Gasteiger partial charge < -0.3 is 4.74 Å². The van der Waals surface area contributed by atoms with Crippen molar-refractivity contribution in [1.82, 2.24) is 15.0 Å². The summed E-state index contributed by atoms with van der Waals surface area (Å²) in [5.41, 5.74) is 12.0. The van der Waals surface area contributed by atoms with E-state index in [2.05, 4.69) is 115 Å². The van der Waals surface area contributed by atoms with Crippen LogP contribution in [0.3, 0.4) is 0 Å². The summed E-state index contributed by atoms with van der Waals surface area (Å²) in [4.78, 5) is 14.7. The third-order valence-corrected chi connectivity index (χ3v) is 10.0. The number of rotatable bonds is 4. The Balaban J connectivity index is 1.11. The SMILES string of the molecule is c1ccc(-c2nc(-c3ccccc3)nc(-c3ccc(-c4ccc5c(c4)C4(c6ccccc6Oc6ccccc64)c4ccccc4-5)cc3)n2)cc1. The molecule has 0 saturated heterocycles. The third kappa shape index (κ3) is 4.28. The smallest absolute Gasteiger partial charge is 0.164 e. The van der Waals surface area contributed by atoms with Crippen LogP contribution in [0.4, 0.5) is 0 Å². The summed E-state index contributed by atoms with van der Waals surface area (Å²) in [5, 5.41) is 0. The standard InChI is InChI=1S/C46H29N3O/c1-3-13-31(14-4-1)43-47-44(32-15-5-2-6-16-32)49-45(48-43)33-25-23-30(24-26-33)34-27-28-36-35-17-7-8-18-37(35)46(40(36)29-34)38-19-9-11-21-41(38)50-42-22-12-10-20-39(42)46/h1-29H. The first-order chi connectivity index (χ1) is 24.8. The van der Waals surface area contributed by atoms with Gasteiger partial charge in [0.2, 0.25) is 0 Å². The number of para-hydroxylation sites is 2. The maximum absolute atomic E-state index is 6.52. The van der Waals surface area contributed by atoms with Crippen molar-refractivity contribution in [3.8, 4) is 67.9 Å². The van der Waals surface area contributed by atoms with Crippen LogP contribution in [-0.2, 0) is 5.41 Å². The van der Waals surface area contributed by atoms with Crippen molar-refractivity contribution in [2.45, 2.75) is 5.41 Å². The van der Waals surface area contributed by atoms with Crippen LogP contribution in [-0.4, -0.2) is 15.0 Å². The lowest BCUT2D eigenvalue weighted by molar-refractivity contribution is 0.436. The second kappa shape index (κ2) is 11.2. The Morgan fingerprint density at radius 2 is 0.740 bits per heavy atom. The van der Waals surface area contributed by atoms with Gasteiger partial charge in [-0.05, 0) is 51.6 Å². The minimum atomic E-state index is -0.500. The van der Waals surface area contributed by atoms with Crippen molar-refractivity contribution in [2.75, 3.05) is 0 Å². The second-order valence-corrected chi connectivity index (χ2v) is 12.8. The average Bonchev–Trinajstić information content (AvgIpc) is 3.48. The summed E-state index contributed by atoms with van der Waals surface area (Å²) in [7, 11) is 0. The van der Waals surface area contributed by atoms with E-state index >= 15 is 0 Å². The van der Waals surface area contributed by atoms with E-state index < -0.39 is 5.41 Å². The van der Waals surface area contributed by atoms with Crippen molar-refractivity contribution in [1.29, 1.82) is 0 Å². The highest BCUT2D eigenvalue weighted by molar-refractivity contribution is 5.90. The number of benzene rings is 7. The predicted octanol–water partition coefficient (Wildman–Crippen LogP) is 11.0. The largest absolute Gasteiger partial charge is 0.457 e. The van der Waals surface area contributed by atoms with Gasteiger partial charge in [-0.3, -0.25) is 0 Å². The van der Waals surface area contributed by atoms with Gasteiger partial charge in [-0.15, -0.1) is 0 Å². The summed E-state index contributed by atoms with van der Waals surface area (Å²) in [6, 6.07) is 61.4. The molecule has 2 heterocycles. The Morgan fingerprint density at radius 3 is 1.32 bits per heavy atom. The summed E-state index contributed by atoms with van der Waals surface area (Å²) < 4.78 is 6.52. The number of ether oxygens (including phenoxy) is 1. The number of hydrogen-bond donors (Lipinski definition) is 0. The molecule has 7 aromatic carbocycles. The average molecular weight is 640 g/mol. The summed E-state index contributed by atoms with van der Waals surface area (Å²) in [6.45, 7) is 0. The molecule has 2 aliphatic rings. The molecular weight excluding hydrogens is 611 g/mol. The number of fused-ring (bicyclic) bond motifs is 9. The molecular formula is C46H29N3O. The third-order valence-electron chi connectivity index (χ3n) is 10.0. The summed E-state index contributed by atoms with van der Waals surface area (Å²) in [6.07, 6.45) is 0. The molecule has 0 amide bonds. The molecule has 0 radical (unpaired) electrons. The molecule has 50 heavy (non-hydrogen) atoms. The first-order valence-electron chi connectivity index (χ1n) is 16.9. The van der Waals surface area contributed by atoms with Crippen LogP contribution < -0.4 is 4.74 Å². The quantitative estimate of drug-likeness (QED) is 0.192. The molecule has 0 unspecified atom stereocenters. The molecule has 1 aliphatic heterocycles. The van der Waals surface area contributed by atoms with E-state index in [1.807, 2.05) is 60.7 Å². The van der Waals surface area contributed by atoms with Crippen LogP contribution in [0.2, 0.25) is 0 Å². The Labute approximate surface area is 290 Å². The van der Waals surface area contributed by atoms with Gasteiger partial charge in [-0.25, -0.2) is 15.0 Å². The number of hydrogen-bond acceptors (Lipinski definition) is 4. The van der Waals surface area contributed by atoms with Crippen LogP contribution in [0.5, 0.6) is 11.5 Å². The van der Waals surface area contributed by atoms with E-state index in [1.54, 1.807) is 0 Å². The Morgan fingerprint density at radius 1 is 0.320 bits per heavy atom. The maximum Gasteiger partial charge on any atom is 0.164 e. The molecule has 0 atom stereocenters. The highest BCUT2D eigenvalue weighted by Crippen LogP contribution is 2.62. The zero-order valence-corrected chi connectivity index (χ0v) is 27.0. The fraction of sp³-hybridized carbons (Fsp3) is 0.0217. The minimum absolute atomic E-state index is 0.500. The van der Waals surface area contributed by atoms with Gasteiger partial charge in [0, 0.05) is 27.8 Å². The minimum Gasteiger partial charge on any atom is -0.457 e. The molecule has 1 aliphatic carbocycles. The Bertz CT molecular complexity index is 2460. The molecule has 1 spiro atoms. The Kier molecular flexibility index (Phi) is 6.36. The maximum atomic E-state index is 6.52. The summed E-state index contributed by atoms with van der Waals surface area (Å²) in [5.74, 6) is 3.73. The lowest BCUT2D eigenvalue weighted by Gasteiger charge is -2.39. The Hall–Kier alpha value is -6.65. The van der Waals surface area contributed by atoms with Gasteiger partial charge in [0.25, 0.3) is 0 Å². The second-order valence-electron chi connectivity index (χ2n) is 12.8. The van der Waals surface area contributed by atoms with Crippen molar-refractivity contribution >= 4 is 0 Å². The van der Waals surface area contributed by atoms with Crippen LogP contribution in [0.15, 0.2) is 176 Å². The summed E-state index contributed by atoms with van der Waals surface area (Å²) >= 11 is 0. The zero-order valence-electron chi connectivity index (χ0n) is 27.0. The molecule has 8 aromatic rings. The van der Waals surface area contributed by atoms with Gasteiger partial charge in [-0.2, -0.15) is 0 Å². The van der Waals surface area contributed by atoms with E-state index in [1.165, 1.54) is 22.3 Å². The van der Waals surface area contributed by atoms with Gasteiger partial charge >= 0.3 is 0 Å². The van der Waals surface area contributed by atoms with Crippen molar-refractivity contribution in [2.24, 2.45) is 0 Å². The van der Waals surface area contributed by atoms with Crippen molar-refractivity contribution < 1.29 is 4.74 Å². The van der Waals surface area contributed by atoms with Gasteiger partial charge in [-0.1, -0.05) is 158 Å².